The van der Waals surface area contributed by atoms with Crippen LogP contribution in [0.4, 0.5) is 14.4 Å². The highest BCUT2D eigenvalue weighted by Gasteiger charge is 2.26. The van der Waals surface area contributed by atoms with E-state index in [1.54, 1.807) is 26.8 Å². The molecule has 238 valence electrons. The third-order valence-corrected chi connectivity index (χ3v) is 6.64. The number of hydrogen-bond donors (Lipinski definition) is 1. The molecule has 0 aliphatic carbocycles. The molecular formula is C30H47NO11. The van der Waals surface area contributed by atoms with Crippen LogP contribution < -0.4 is 15.2 Å². The smallest absolute Gasteiger partial charge is 0.458 e. The Morgan fingerprint density at radius 3 is 1.74 bits per heavy atom. The second-order valence-electron chi connectivity index (χ2n) is 10.5. The number of ether oxygens (including phenoxy) is 7. The van der Waals surface area contributed by atoms with Gasteiger partial charge in [-0.05, 0) is 63.1 Å². The Hall–Kier alpha value is -3.54. The molecule has 0 aliphatic rings. The first-order chi connectivity index (χ1) is 19.8. The standard InChI is InChI=1S/C30H47NO11/c1-9-18(4)16-36-28(33)41-25-13-12-23(15-26(25)42-29(34)37-17-19(5)10-2)14-24(31)27(32)39-21(7)22(8)40-30(35)38-20(6)11-3/h12-13,15,18-22,24H,9-11,14,16-17,31H2,1-8H3/t18?,19?,20?,21-,22-,24-/m0/s1. The van der Waals surface area contributed by atoms with Crippen LogP contribution in [0.2, 0.25) is 0 Å². The van der Waals surface area contributed by atoms with E-state index in [2.05, 4.69) is 0 Å². The summed E-state index contributed by atoms with van der Waals surface area (Å²) in [5.41, 5.74) is 6.57. The van der Waals surface area contributed by atoms with Crippen molar-refractivity contribution < 1.29 is 52.3 Å². The zero-order chi connectivity index (χ0) is 31.8. The Kier molecular flexibility index (Phi) is 16.3. The molecule has 0 bridgehead atoms. The van der Waals surface area contributed by atoms with Gasteiger partial charge in [0.05, 0.1) is 13.2 Å². The monoisotopic (exact) mass is 597 g/mol. The van der Waals surface area contributed by atoms with Crippen molar-refractivity contribution in [1.29, 1.82) is 0 Å². The molecular weight excluding hydrogens is 550 g/mol. The Morgan fingerprint density at radius 1 is 0.690 bits per heavy atom. The number of esters is 1. The summed E-state index contributed by atoms with van der Waals surface area (Å²) in [4.78, 5) is 49.1. The van der Waals surface area contributed by atoms with Gasteiger partial charge in [0, 0.05) is 0 Å². The van der Waals surface area contributed by atoms with E-state index in [0.29, 0.717) is 12.0 Å². The van der Waals surface area contributed by atoms with Gasteiger partial charge in [0.25, 0.3) is 0 Å². The molecule has 0 saturated carbocycles. The van der Waals surface area contributed by atoms with Crippen LogP contribution >= 0.6 is 0 Å². The van der Waals surface area contributed by atoms with Crippen molar-refractivity contribution in [2.24, 2.45) is 17.6 Å². The van der Waals surface area contributed by atoms with Crippen LogP contribution in [0.3, 0.4) is 0 Å². The number of hydrogen-bond acceptors (Lipinski definition) is 12. The second kappa shape index (κ2) is 18.8. The normalized spacial score (nSPS) is 15.2. The molecule has 0 aliphatic heterocycles. The van der Waals surface area contributed by atoms with Crippen molar-refractivity contribution in [3.05, 3.63) is 23.8 Å². The van der Waals surface area contributed by atoms with Gasteiger partial charge >= 0.3 is 24.4 Å². The summed E-state index contributed by atoms with van der Waals surface area (Å²) in [7, 11) is 0. The summed E-state index contributed by atoms with van der Waals surface area (Å²) < 4.78 is 36.5. The van der Waals surface area contributed by atoms with Gasteiger partial charge in [0.15, 0.2) is 11.5 Å². The van der Waals surface area contributed by atoms with E-state index in [1.165, 1.54) is 12.1 Å². The molecule has 1 aromatic rings. The van der Waals surface area contributed by atoms with Crippen LogP contribution in [0.25, 0.3) is 0 Å². The highest BCUT2D eigenvalue weighted by molar-refractivity contribution is 5.76. The summed E-state index contributed by atoms with van der Waals surface area (Å²) >= 11 is 0. The van der Waals surface area contributed by atoms with Crippen LogP contribution in [0, 0.1) is 11.8 Å². The van der Waals surface area contributed by atoms with Gasteiger partial charge in [-0.25, -0.2) is 14.4 Å². The van der Waals surface area contributed by atoms with Crippen molar-refractivity contribution in [1.82, 2.24) is 0 Å². The number of nitrogens with two attached hydrogens (primary N) is 1. The predicted molar refractivity (Wildman–Crippen MR) is 153 cm³/mol. The maximum atomic E-state index is 12.7. The fourth-order valence-electron chi connectivity index (χ4n) is 2.96. The second-order valence-corrected chi connectivity index (χ2v) is 10.5. The maximum Gasteiger partial charge on any atom is 0.513 e. The molecule has 12 nitrogen and oxygen atoms in total. The highest BCUT2D eigenvalue weighted by atomic mass is 16.8. The van der Waals surface area contributed by atoms with Crippen molar-refractivity contribution in [3.63, 3.8) is 0 Å². The van der Waals surface area contributed by atoms with E-state index in [0.717, 1.165) is 12.8 Å². The number of rotatable bonds is 16. The topological polar surface area (TPSA) is 159 Å². The molecule has 0 amide bonds. The molecule has 6 atom stereocenters. The minimum atomic E-state index is -1.11. The number of benzene rings is 1. The van der Waals surface area contributed by atoms with E-state index in [4.69, 9.17) is 38.9 Å². The molecule has 0 radical (unpaired) electrons. The molecule has 12 heteroatoms. The summed E-state index contributed by atoms with van der Waals surface area (Å²) in [5.74, 6) is -0.660. The Morgan fingerprint density at radius 2 is 1.21 bits per heavy atom. The third-order valence-electron chi connectivity index (χ3n) is 6.64. The predicted octanol–water partition coefficient (Wildman–Crippen LogP) is 5.95. The Bertz CT molecular complexity index is 1010. The summed E-state index contributed by atoms with van der Waals surface area (Å²) in [6.45, 7) is 14.8. The van der Waals surface area contributed by atoms with Gasteiger partial charge in [-0.1, -0.05) is 53.5 Å². The van der Waals surface area contributed by atoms with Crippen molar-refractivity contribution >= 4 is 24.4 Å². The molecule has 0 saturated heterocycles. The average Bonchev–Trinajstić information content (AvgIpc) is 2.95. The largest absolute Gasteiger partial charge is 0.513 e. The maximum absolute atomic E-state index is 12.7. The average molecular weight is 598 g/mol. The molecule has 2 N–H and O–H groups in total. The minimum Gasteiger partial charge on any atom is -0.458 e. The summed E-state index contributed by atoms with van der Waals surface area (Å²) in [5, 5.41) is 0. The molecule has 0 heterocycles. The van der Waals surface area contributed by atoms with Gasteiger partial charge in [-0.2, -0.15) is 0 Å². The summed E-state index contributed by atoms with van der Waals surface area (Å²) in [6.07, 6.45) is -2.44. The lowest BCUT2D eigenvalue weighted by Gasteiger charge is -2.23. The van der Waals surface area contributed by atoms with Crippen molar-refractivity contribution in [2.45, 2.75) is 105 Å². The molecule has 1 rings (SSSR count). The van der Waals surface area contributed by atoms with Crippen LogP contribution in [0.1, 0.15) is 80.2 Å². The fourth-order valence-corrected chi connectivity index (χ4v) is 2.96. The molecule has 0 aromatic heterocycles. The van der Waals surface area contributed by atoms with Crippen LogP contribution in [-0.4, -0.2) is 62.0 Å². The van der Waals surface area contributed by atoms with Crippen molar-refractivity contribution in [3.8, 4) is 11.5 Å². The Balaban J connectivity index is 2.92. The first kappa shape index (κ1) is 36.5. The summed E-state index contributed by atoms with van der Waals surface area (Å²) in [6, 6.07) is 3.26. The number of carbonyl (C=O) groups excluding carboxylic acids is 4. The first-order valence-corrected chi connectivity index (χ1v) is 14.4. The molecule has 0 spiro atoms. The quantitative estimate of drug-likeness (QED) is 0.136. The van der Waals surface area contributed by atoms with E-state index in [9.17, 15) is 19.2 Å². The van der Waals surface area contributed by atoms with Crippen LogP contribution in [0.5, 0.6) is 11.5 Å². The fraction of sp³-hybridized carbons (Fsp3) is 0.667. The van der Waals surface area contributed by atoms with Gasteiger partial charge < -0.3 is 38.9 Å². The lowest BCUT2D eigenvalue weighted by atomic mass is 10.1. The molecule has 1 aromatic carbocycles. The van der Waals surface area contributed by atoms with E-state index >= 15 is 0 Å². The minimum absolute atomic E-state index is 0.00609. The zero-order valence-electron chi connectivity index (χ0n) is 26.0. The van der Waals surface area contributed by atoms with Crippen LogP contribution in [-0.2, 0) is 34.9 Å². The highest BCUT2D eigenvalue weighted by Crippen LogP contribution is 2.30. The van der Waals surface area contributed by atoms with Crippen molar-refractivity contribution in [2.75, 3.05) is 13.2 Å². The van der Waals surface area contributed by atoms with Gasteiger partial charge in [0.1, 0.15) is 24.4 Å². The Labute approximate surface area is 248 Å². The lowest BCUT2D eigenvalue weighted by Crippen LogP contribution is -2.39. The SMILES string of the molecule is CCC(C)COC(=O)Oc1ccc(C[C@H](N)C(=O)O[C@@H](C)[C@H](C)OC(=O)OC(C)CC)cc1OC(=O)OCC(C)CC. The van der Waals surface area contributed by atoms with Gasteiger partial charge in [-0.3, -0.25) is 4.79 Å². The zero-order valence-corrected chi connectivity index (χ0v) is 26.0. The van der Waals surface area contributed by atoms with E-state index in [-0.39, 0.29) is 49.1 Å². The molecule has 0 fully saturated rings. The third kappa shape index (κ3) is 13.9. The number of carbonyl (C=O) groups is 4. The van der Waals surface area contributed by atoms with Gasteiger partial charge in [0.2, 0.25) is 0 Å². The van der Waals surface area contributed by atoms with E-state index in [1.807, 2.05) is 34.6 Å². The van der Waals surface area contributed by atoms with Crippen LogP contribution in [0.15, 0.2) is 18.2 Å². The molecule has 3 unspecified atom stereocenters. The lowest BCUT2D eigenvalue weighted by molar-refractivity contribution is -0.155. The molecule has 42 heavy (non-hydrogen) atoms. The van der Waals surface area contributed by atoms with E-state index < -0.39 is 42.7 Å². The van der Waals surface area contributed by atoms with Gasteiger partial charge in [-0.15, -0.1) is 0 Å². The first-order valence-electron chi connectivity index (χ1n) is 14.4.